The number of hydrogen-bond donors (Lipinski definition) is 1. The highest BCUT2D eigenvalue weighted by molar-refractivity contribution is 7.99. The molecule has 0 bridgehead atoms. The summed E-state index contributed by atoms with van der Waals surface area (Å²) in [5, 5.41) is 4.29. The van der Waals surface area contributed by atoms with Gasteiger partial charge in [-0.3, -0.25) is 4.79 Å². The molecule has 0 spiro atoms. The number of esters is 1. The van der Waals surface area contributed by atoms with Gasteiger partial charge in [0.15, 0.2) is 0 Å². The Hall–Kier alpha value is -2.71. The Labute approximate surface area is 195 Å². The standard InChI is InChI=1S/C24H25N3O3S2/c1-3-30-24(29)22-17-11-7-8-12-19(17)32-23(22)27-20(28)14-31-21-13-18(25-15(2)26-21)16-9-5-4-6-10-16/h4-6,9-10,13H,3,7-8,11-12,14H2,1-2H3,(H,27,28). The molecular weight excluding hydrogens is 442 g/mol. The molecule has 1 aromatic carbocycles. The third-order valence-electron chi connectivity index (χ3n) is 5.14. The number of anilines is 1. The fourth-order valence-corrected chi connectivity index (χ4v) is 5.78. The van der Waals surface area contributed by atoms with Crippen LogP contribution in [0.2, 0.25) is 0 Å². The Bertz CT molecular complexity index is 1130. The average molecular weight is 468 g/mol. The summed E-state index contributed by atoms with van der Waals surface area (Å²) in [4.78, 5) is 35.5. The molecule has 8 heteroatoms. The normalized spacial score (nSPS) is 12.8. The molecule has 0 saturated heterocycles. The number of amides is 1. The quantitative estimate of drug-likeness (QED) is 0.288. The SMILES string of the molecule is CCOC(=O)c1c(NC(=O)CSc2cc(-c3ccccc3)nc(C)n2)sc2c1CCCC2. The molecule has 2 heterocycles. The molecule has 1 amide bonds. The minimum atomic E-state index is -0.353. The number of fused-ring (bicyclic) bond motifs is 1. The molecule has 166 valence electrons. The summed E-state index contributed by atoms with van der Waals surface area (Å²) in [7, 11) is 0. The van der Waals surface area contributed by atoms with Gasteiger partial charge < -0.3 is 10.1 Å². The van der Waals surface area contributed by atoms with Crippen LogP contribution in [0, 0.1) is 6.92 Å². The van der Waals surface area contributed by atoms with Gasteiger partial charge in [0.1, 0.15) is 15.9 Å². The fourth-order valence-electron chi connectivity index (χ4n) is 3.75. The first-order valence-corrected chi connectivity index (χ1v) is 12.5. The number of hydrogen-bond acceptors (Lipinski definition) is 7. The van der Waals surface area contributed by atoms with E-state index in [4.69, 9.17) is 4.74 Å². The number of thiophene rings is 1. The highest BCUT2D eigenvalue weighted by Crippen LogP contribution is 2.38. The number of nitrogens with zero attached hydrogens (tertiary/aromatic N) is 2. The second kappa shape index (κ2) is 10.3. The third-order valence-corrected chi connectivity index (χ3v) is 7.26. The molecule has 0 saturated carbocycles. The van der Waals surface area contributed by atoms with E-state index >= 15 is 0 Å². The molecule has 0 fully saturated rings. The lowest BCUT2D eigenvalue weighted by molar-refractivity contribution is -0.113. The molecule has 2 aromatic heterocycles. The molecule has 1 aliphatic rings. The zero-order chi connectivity index (χ0) is 22.5. The molecule has 0 aliphatic heterocycles. The predicted molar refractivity (Wildman–Crippen MR) is 128 cm³/mol. The van der Waals surface area contributed by atoms with E-state index in [-0.39, 0.29) is 17.6 Å². The Kier molecular flexibility index (Phi) is 7.22. The number of nitrogens with one attached hydrogen (secondary N) is 1. The van der Waals surface area contributed by atoms with E-state index in [1.165, 1.54) is 28.0 Å². The molecule has 1 aliphatic carbocycles. The zero-order valence-corrected chi connectivity index (χ0v) is 19.8. The highest BCUT2D eigenvalue weighted by Gasteiger charge is 2.27. The van der Waals surface area contributed by atoms with Crippen molar-refractivity contribution in [3.8, 4) is 11.3 Å². The van der Waals surface area contributed by atoms with Gasteiger partial charge in [0.25, 0.3) is 0 Å². The van der Waals surface area contributed by atoms with Gasteiger partial charge in [0.2, 0.25) is 5.91 Å². The van der Waals surface area contributed by atoms with Gasteiger partial charge in [-0.2, -0.15) is 0 Å². The molecule has 1 N–H and O–H groups in total. The predicted octanol–water partition coefficient (Wildman–Crippen LogP) is 5.30. The van der Waals surface area contributed by atoms with Crippen molar-refractivity contribution in [2.75, 3.05) is 17.7 Å². The summed E-state index contributed by atoms with van der Waals surface area (Å²) >= 11 is 2.86. The Morgan fingerprint density at radius 3 is 2.72 bits per heavy atom. The molecule has 6 nitrogen and oxygen atoms in total. The van der Waals surface area contributed by atoms with E-state index in [1.54, 1.807) is 6.92 Å². The number of rotatable bonds is 7. The first-order chi connectivity index (χ1) is 15.5. The van der Waals surface area contributed by atoms with Crippen molar-refractivity contribution in [2.45, 2.75) is 44.6 Å². The summed E-state index contributed by atoms with van der Waals surface area (Å²) in [6.45, 7) is 3.95. The number of thioether (sulfide) groups is 1. The van der Waals surface area contributed by atoms with Crippen LogP contribution in [0.3, 0.4) is 0 Å². The van der Waals surface area contributed by atoms with Gasteiger partial charge >= 0.3 is 5.97 Å². The van der Waals surface area contributed by atoms with Crippen LogP contribution in [0.25, 0.3) is 11.3 Å². The van der Waals surface area contributed by atoms with Gasteiger partial charge in [0.05, 0.1) is 23.6 Å². The van der Waals surface area contributed by atoms with E-state index in [1.807, 2.05) is 43.3 Å². The third kappa shape index (κ3) is 5.19. The zero-order valence-electron chi connectivity index (χ0n) is 18.1. The van der Waals surface area contributed by atoms with Crippen LogP contribution in [-0.4, -0.2) is 34.2 Å². The maximum Gasteiger partial charge on any atom is 0.341 e. The van der Waals surface area contributed by atoms with Gasteiger partial charge in [-0.25, -0.2) is 14.8 Å². The molecule has 0 unspecified atom stereocenters. The van der Waals surface area contributed by atoms with Crippen molar-refractivity contribution in [1.29, 1.82) is 0 Å². The lowest BCUT2D eigenvalue weighted by atomic mass is 9.95. The van der Waals surface area contributed by atoms with Gasteiger partial charge in [0, 0.05) is 10.4 Å². The second-order valence-corrected chi connectivity index (χ2v) is 9.58. The van der Waals surface area contributed by atoms with Crippen LogP contribution in [0.15, 0.2) is 41.4 Å². The lowest BCUT2D eigenvalue weighted by Crippen LogP contribution is -2.17. The van der Waals surface area contributed by atoms with Gasteiger partial charge in [-0.1, -0.05) is 42.1 Å². The lowest BCUT2D eigenvalue weighted by Gasteiger charge is -2.12. The summed E-state index contributed by atoms with van der Waals surface area (Å²) in [6.07, 6.45) is 3.96. The summed E-state index contributed by atoms with van der Waals surface area (Å²) in [5.41, 5.74) is 3.42. The van der Waals surface area contributed by atoms with Crippen molar-refractivity contribution in [3.05, 3.63) is 58.2 Å². The number of carbonyl (C=O) groups excluding carboxylic acids is 2. The fraction of sp³-hybridized carbons (Fsp3) is 0.333. The summed E-state index contributed by atoms with van der Waals surface area (Å²) in [6, 6.07) is 11.8. The molecular formula is C24H25N3O3S2. The van der Waals surface area contributed by atoms with Gasteiger partial charge in [-0.05, 0) is 51.2 Å². The van der Waals surface area contributed by atoms with Crippen LogP contribution >= 0.6 is 23.1 Å². The summed E-state index contributed by atoms with van der Waals surface area (Å²) < 4.78 is 5.27. The summed E-state index contributed by atoms with van der Waals surface area (Å²) in [5.74, 6) is 0.324. The van der Waals surface area contributed by atoms with E-state index < -0.39 is 0 Å². The van der Waals surface area contributed by atoms with Gasteiger partial charge in [-0.15, -0.1) is 11.3 Å². The molecule has 0 radical (unpaired) electrons. The topological polar surface area (TPSA) is 81.2 Å². The highest BCUT2D eigenvalue weighted by atomic mass is 32.2. The van der Waals surface area contributed by atoms with Crippen LogP contribution in [-0.2, 0) is 22.4 Å². The maximum atomic E-state index is 12.8. The smallest absolute Gasteiger partial charge is 0.341 e. The van der Waals surface area contributed by atoms with Crippen molar-refractivity contribution in [3.63, 3.8) is 0 Å². The maximum absolute atomic E-state index is 12.8. The Morgan fingerprint density at radius 1 is 1.16 bits per heavy atom. The Morgan fingerprint density at radius 2 is 1.94 bits per heavy atom. The van der Waals surface area contributed by atoms with Crippen molar-refractivity contribution >= 4 is 40.0 Å². The van der Waals surface area contributed by atoms with Crippen LogP contribution in [0.1, 0.15) is 46.4 Å². The van der Waals surface area contributed by atoms with Crippen LogP contribution < -0.4 is 5.32 Å². The van der Waals surface area contributed by atoms with Crippen molar-refractivity contribution in [1.82, 2.24) is 9.97 Å². The first-order valence-electron chi connectivity index (χ1n) is 10.7. The van der Waals surface area contributed by atoms with Crippen molar-refractivity contribution in [2.24, 2.45) is 0 Å². The Balaban J connectivity index is 1.48. The number of carbonyl (C=O) groups is 2. The number of aryl methyl sites for hydroxylation is 2. The van der Waals surface area contributed by atoms with E-state index in [0.29, 0.717) is 23.0 Å². The average Bonchev–Trinajstić information content (AvgIpc) is 3.16. The first kappa shape index (κ1) is 22.5. The minimum absolute atomic E-state index is 0.170. The van der Waals surface area contributed by atoms with Crippen LogP contribution in [0.4, 0.5) is 5.00 Å². The second-order valence-electron chi connectivity index (χ2n) is 7.48. The van der Waals surface area contributed by atoms with E-state index in [9.17, 15) is 9.59 Å². The molecule has 32 heavy (non-hydrogen) atoms. The molecule has 0 atom stereocenters. The molecule has 4 rings (SSSR count). The van der Waals surface area contributed by atoms with Crippen LogP contribution in [0.5, 0.6) is 0 Å². The van der Waals surface area contributed by atoms with E-state index in [0.717, 1.165) is 47.5 Å². The monoisotopic (exact) mass is 467 g/mol. The number of benzene rings is 1. The minimum Gasteiger partial charge on any atom is -0.462 e. The number of ether oxygens (including phenoxy) is 1. The van der Waals surface area contributed by atoms with E-state index in [2.05, 4.69) is 15.3 Å². The molecule has 3 aromatic rings. The number of aromatic nitrogens is 2. The largest absolute Gasteiger partial charge is 0.462 e. The van der Waals surface area contributed by atoms with Crippen molar-refractivity contribution < 1.29 is 14.3 Å².